The molecule has 1 aliphatic carbocycles. The smallest absolute Gasteiger partial charge is 0.291 e. The molecule has 0 amide bonds. The van der Waals surface area contributed by atoms with Crippen LogP contribution in [0.2, 0.25) is 0 Å². The van der Waals surface area contributed by atoms with Crippen LogP contribution in [-0.2, 0) is 4.79 Å². The van der Waals surface area contributed by atoms with Gasteiger partial charge < -0.3 is 0 Å². The number of aliphatic imine (C=N–C) groups is 2. The fourth-order valence-electron chi connectivity index (χ4n) is 2.64. The third-order valence-corrected chi connectivity index (χ3v) is 6.13. The van der Waals surface area contributed by atoms with Gasteiger partial charge in [-0.05, 0) is 24.2 Å². The maximum Gasteiger partial charge on any atom is 0.344 e. The monoisotopic (exact) mass is 338 g/mol. The van der Waals surface area contributed by atoms with Gasteiger partial charge in [-0.3, -0.25) is 19.9 Å². The standard InChI is InChI=1S/C13H14N4O3S2/c18-8-5-14-12(15-6-8)9-3-1-2-4-10(9)21-13-16-7-11(22-13)17(19)20/h5,7,9-10H,1-4,6H2. The first kappa shape index (κ1) is 15.3. The van der Waals surface area contributed by atoms with E-state index >= 15 is 0 Å². The summed E-state index contributed by atoms with van der Waals surface area (Å²) in [5.74, 6) is 0.855. The summed E-state index contributed by atoms with van der Waals surface area (Å²) >= 11 is 2.67. The molecule has 0 bridgehead atoms. The molecule has 0 saturated heterocycles. The quantitative estimate of drug-likeness (QED) is 0.621. The number of carbonyl (C=O) groups is 1. The molecule has 1 aliphatic heterocycles. The van der Waals surface area contributed by atoms with E-state index in [1.165, 1.54) is 12.4 Å². The molecule has 116 valence electrons. The van der Waals surface area contributed by atoms with Gasteiger partial charge in [0.05, 0.1) is 11.1 Å². The third-order valence-electron chi connectivity index (χ3n) is 3.68. The minimum atomic E-state index is -0.415. The number of hydrogen-bond donors (Lipinski definition) is 0. The molecule has 0 aromatic carbocycles. The van der Waals surface area contributed by atoms with E-state index in [1.807, 2.05) is 0 Å². The summed E-state index contributed by atoms with van der Waals surface area (Å²) in [7, 11) is 0. The first-order valence-electron chi connectivity index (χ1n) is 7.01. The Morgan fingerprint density at radius 3 is 2.86 bits per heavy atom. The van der Waals surface area contributed by atoms with Crippen LogP contribution in [0.25, 0.3) is 0 Å². The van der Waals surface area contributed by atoms with E-state index < -0.39 is 4.92 Å². The number of nitro groups is 1. The number of hydrogen-bond acceptors (Lipinski definition) is 8. The zero-order valence-corrected chi connectivity index (χ0v) is 13.3. The van der Waals surface area contributed by atoms with Crippen molar-refractivity contribution in [2.45, 2.75) is 35.3 Å². The van der Waals surface area contributed by atoms with E-state index in [-0.39, 0.29) is 28.5 Å². The molecule has 0 radical (unpaired) electrons. The summed E-state index contributed by atoms with van der Waals surface area (Å²) in [4.78, 5) is 34.1. The highest BCUT2D eigenvalue weighted by Gasteiger charge is 2.32. The van der Waals surface area contributed by atoms with Crippen molar-refractivity contribution >= 4 is 45.9 Å². The molecule has 2 aliphatic rings. The maximum atomic E-state index is 11.2. The van der Waals surface area contributed by atoms with Crippen LogP contribution in [0, 0.1) is 16.0 Å². The predicted octanol–water partition coefficient (Wildman–Crippen LogP) is 2.75. The number of carbonyl (C=O) groups excluding carboxylic acids is 1. The summed E-state index contributed by atoms with van der Waals surface area (Å²) in [5, 5.41) is 11.1. The van der Waals surface area contributed by atoms with Crippen LogP contribution < -0.4 is 0 Å². The van der Waals surface area contributed by atoms with E-state index in [4.69, 9.17) is 0 Å². The van der Waals surface area contributed by atoms with Gasteiger partial charge in [0.25, 0.3) is 0 Å². The predicted molar refractivity (Wildman–Crippen MR) is 86.2 cm³/mol. The molecule has 0 N–H and O–H groups in total. The second-order valence-corrected chi connectivity index (χ2v) is 7.66. The van der Waals surface area contributed by atoms with Crippen LogP contribution in [0.4, 0.5) is 5.00 Å². The normalized spacial score (nSPS) is 25.1. The highest BCUT2D eigenvalue weighted by molar-refractivity contribution is 8.01. The van der Waals surface area contributed by atoms with Crippen molar-refractivity contribution in [1.29, 1.82) is 0 Å². The minimum Gasteiger partial charge on any atom is -0.291 e. The molecule has 22 heavy (non-hydrogen) atoms. The summed E-state index contributed by atoms with van der Waals surface area (Å²) in [6.45, 7) is 0.176. The highest BCUT2D eigenvalue weighted by Crippen LogP contribution is 2.41. The van der Waals surface area contributed by atoms with Gasteiger partial charge in [-0.2, -0.15) is 0 Å². The zero-order chi connectivity index (χ0) is 15.5. The molecule has 2 heterocycles. The van der Waals surface area contributed by atoms with Gasteiger partial charge in [0.2, 0.25) is 0 Å². The second kappa shape index (κ2) is 6.66. The number of ketones is 1. The average molecular weight is 338 g/mol. The van der Waals surface area contributed by atoms with Crippen molar-refractivity contribution < 1.29 is 9.72 Å². The first-order valence-corrected chi connectivity index (χ1v) is 8.71. The number of rotatable bonds is 4. The average Bonchev–Trinajstić information content (AvgIpc) is 2.98. The van der Waals surface area contributed by atoms with Gasteiger partial charge >= 0.3 is 5.00 Å². The lowest BCUT2D eigenvalue weighted by Crippen LogP contribution is -2.31. The van der Waals surface area contributed by atoms with Gasteiger partial charge in [-0.15, -0.1) is 0 Å². The van der Waals surface area contributed by atoms with E-state index in [1.54, 1.807) is 11.8 Å². The van der Waals surface area contributed by atoms with Crippen molar-refractivity contribution in [2.24, 2.45) is 15.9 Å². The Morgan fingerprint density at radius 1 is 1.36 bits per heavy atom. The topological polar surface area (TPSA) is 97.8 Å². The number of nitrogens with zero attached hydrogens (tertiary/aromatic N) is 4. The number of amidine groups is 1. The van der Waals surface area contributed by atoms with Crippen LogP contribution in [0.3, 0.4) is 0 Å². The van der Waals surface area contributed by atoms with Gasteiger partial charge in [-0.25, -0.2) is 9.98 Å². The Labute approximate surface area is 135 Å². The highest BCUT2D eigenvalue weighted by atomic mass is 32.2. The van der Waals surface area contributed by atoms with Crippen molar-refractivity contribution in [3.63, 3.8) is 0 Å². The first-order chi connectivity index (χ1) is 10.6. The van der Waals surface area contributed by atoms with E-state index in [9.17, 15) is 14.9 Å². The molecule has 1 fully saturated rings. The van der Waals surface area contributed by atoms with Gasteiger partial charge in [0, 0.05) is 11.2 Å². The van der Waals surface area contributed by atoms with Gasteiger partial charge in [-0.1, -0.05) is 24.6 Å². The Hall–Kier alpha value is -1.61. The third kappa shape index (κ3) is 3.41. The SMILES string of the molecule is O=C1C=NC(C2CCCCC2Sc2ncc([N+](=O)[O-])s2)=NC1. The fraction of sp³-hybridized carbons (Fsp3) is 0.538. The molecule has 1 aromatic rings. The second-order valence-electron chi connectivity index (χ2n) is 5.17. The lowest BCUT2D eigenvalue weighted by molar-refractivity contribution is -0.380. The number of thioether (sulfide) groups is 1. The van der Waals surface area contributed by atoms with Crippen LogP contribution in [0.1, 0.15) is 25.7 Å². The molecule has 2 atom stereocenters. The van der Waals surface area contributed by atoms with Crippen molar-refractivity contribution in [3.8, 4) is 0 Å². The molecule has 2 unspecified atom stereocenters. The largest absolute Gasteiger partial charge is 0.344 e. The number of aromatic nitrogens is 1. The van der Waals surface area contributed by atoms with E-state index in [0.29, 0.717) is 4.34 Å². The maximum absolute atomic E-state index is 11.2. The van der Waals surface area contributed by atoms with Crippen LogP contribution in [-0.4, -0.2) is 39.5 Å². The van der Waals surface area contributed by atoms with Crippen LogP contribution in [0.15, 0.2) is 20.5 Å². The van der Waals surface area contributed by atoms with E-state index in [0.717, 1.165) is 42.9 Å². The molecular formula is C13H14N4O3S2. The zero-order valence-electron chi connectivity index (χ0n) is 11.7. The molecule has 7 nitrogen and oxygen atoms in total. The summed E-state index contributed by atoms with van der Waals surface area (Å²) in [5.41, 5.74) is 0. The summed E-state index contributed by atoms with van der Waals surface area (Å²) in [6.07, 6.45) is 6.88. The van der Waals surface area contributed by atoms with Crippen LogP contribution in [0.5, 0.6) is 0 Å². The number of Topliss-reactive ketones (excluding diaryl/α,β-unsaturated/α-hetero) is 1. The van der Waals surface area contributed by atoms with Crippen molar-refractivity contribution in [1.82, 2.24) is 4.98 Å². The Morgan fingerprint density at radius 2 is 2.18 bits per heavy atom. The molecule has 1 saturated carbocycles. The molecule has 1 aromatic heterocycles. The molecule has 0 spiro atoms. The van der Waals surface area contributed by atoms with Crippen molar-refractivity contribution in [2.75, 3.05) is 6.54 Å². The minimum absolute atomic E-state index is 0.0634. The van der Waals surface area contributed by atoms with Gasteiger partial charge in [0.15, 0.2) is 10.1 Å². The molecule has 9 heteroatoms. The van der Waals surface area contributed by atoms with Gasteiger partial charge in [0.1, 0.15) is 18.6 Å². The van der Waals surface area contributed by atoms with E-state index in [2.05, 4.69) is 15.0 Å². The Kier molecular flexibility index (Phi) is 4.63. The molecule has 3 rings (SSSR count). The molecular weight excluding hydrogens is 324 g/mol. The Bertz CT molecular complexity index is 655. The lowest BCUT2D eigenvalue weighted by Gasteiger charge is -2.30. The fourth-order valence-corrected chi connectivity index (χ4v) is 5.01. The summed E-state index contributed by atoms with van der Waals surface area (Å²) in [6, 6.07) is 0. The lowest BCUT2D eigenvalue weighted by atomic mass is 9.87. The van der Waals surface area contributed by atoms with Crippen LogP contribution >= 0.6 is 23.1 Å². The van der Waals surface area contributed by atoms with Crippen molar-refractivity contribution in [3.05, 3.63) is 16.3 Å². The Balaban J connectivity index is 1.73. The number of thiazole rings is 1. The summed E-state index contributed by atoms with van der Waals surface area (Å²) < 4.78 is 0.708.